The second-order valence-electron chi connectivity index (χ2n) is 10.5. The van der Waals surface area contributed by atoms with Gasteiger partial charge in [-0.05, 0) is 70.4 Å². The van der Waals surface area contributed by atoms with Crippen LogP contribution in [0.4, 0.5) is 10.5 Å². The van der Waals surface area contributed by atoms with E-state index < -0.39 is 5.97 Å². The number of fused-ring (bicyclic) bond motifs is 3. The molecule has 2 aliphatic heterocycles. The van der Waals surface area contributed by atoms with Crippen molar-refractivity contribution in [3.63, 3.8) is 0 Å². The van der Waals surface area contributed by atoms with Crippen molar-refractivity contribution < 1.29 is 24.2 Å². The Morgan fingerprint density at radius 2 is 1.86 bits per heavy atom. The van der Waals surface area contributed by atoms with Gasteiger partial charge in [-0.2, -0.15) is 0 Å². The van der Waals surface area contributed by atoms with Gasteiger partial charge in [0.15, 0.2) is 0 Å². The molecule has 1 aliphatic carbocycles. The predicted octanol–water partition coefficient (Wildman–Crippen LogP) is 4.31. The van der Waals surface area contributed by atoms with Crippen molar-refractivity contribution in [1.82, 2.24) is 14.5 Å². The van der Waals surface area contributed by atoms with Gasteiger partial charge in [0.25, 0.3) is 0 Å². The third kappa shape index (κ3) is 4.44. The van der Waals surface area contributed by atoms with Crippen LogP contribution < -0.4 is 4.90 Å². The summed E-state index contributed by atoms with van der Waals surface area (Å²) < 4.78 is 7.21. The fourth-order valence-electron chi connectivity index (χ4n) is 6.37. The number of hydrogen-bond acceptors (Lipinski definition) is 5. The summed E-state index contributed by atoms with van der Waals surface area (Å²) in [6.45, 7) is 3.58. The van der Waals surface area contributed by atoms with Gasteiger partial charge in [-0.1, -0.05) is 6.42 Å². The molecule has 1 N–H and O–H groups in total. The number of anilines is 1. The molecule has 36 heavy (non-hydrogen) atoms. The number of piperidine rings is 1. The van der Waals surface area contributed by atoms with E-state index in [9.17, 15) is 19.5 Å². The number of amides is 2. The van der Waals surface area contributed by atoms with E-state index in [0.29, 0.717) is 18.7 Å². The maximum Gasteiger partial charge on any atom is 0.414 e. The number of carboxylic acids is 1. The van der Waals surface area contributed by atoms with Crippen LogP contribution in [-0.4, -0.2) is 63.8 Å². The highest BCUT2D eigenvalue weighted by molar-refractivity contribution is 5.95. The minimum Gasteiger partial charge on any atom is -0.481 e. The molecule has 2 aromatic rings. The molecule has 5 rings (SSSR count). The van der Waals surface area contributed by atoms with Gasteiger partial charge >= 0.3 is 12.1 Å². The maximum absolute atomic E-state index is 13.3. The number of aliphatic carboxylic acids is 1. The Morgan fingerprint density at radius 3 is 2.58 bits per heavy atom. The minimum absolute atomic E-state index is 0.0132. The van der Waals surface area contributed by atoms with Crippen LogP contribution in [0.3, 0.4) is 0 Å². The lowest BCUT2D eigenvalue weighted by molar-refractivity contribution is -0.143. The molecule has 194 valence electrons. The molecule has 9 nitrogen and oxygen atoms in total. The fourth-order valence-corrected chi connectivity index (χ4v) is 6.37. The summed E-state index contributed by atoms with van der Waals surface area (Å²) >= 11 is 0. The molecule has 1 aromatic carbocycles. The average Bonchev–Trinajstić information content (AvgIpc) is 3.26. The monoisotopic (exact) mass is 496 g/mol. The normalized spacial score (nSPS) is 24.4. The Labute approximate surface area is 211 Å². The fraction of sp³-hybridized carbons (Fsp3) is 0.630. The second kappa shape index (κ2) is 10.1. The van der Waals surface area contributed by atoms with Gasteiger partial charge in [-0.25, -0.2) is 9.78 Å². The SMILES string of the molecule is COC(=O)N1c2ccc3c(nc(CC(=O)N4CCCCC4)n3[C@@H]3CCC[C@@H](C(=O)O)C3)c2CC[C@@H]1C. The van der Waals surface area contributed by atoms with Gasteiger partial charge < -0.3 is 19.3 Å². The number of imidazole rings is 1. The van der Waals surface area contributed by atoms with Gasteiger partial charge in [-0.3, -0.25) is 14.5 Å². The largest absolute Gasteiger partial charge is 0.481 e. The maximum atomic E-state index is 13.3. The molecule has 3 aliphatic rings. The lowest BCUT2D eigenvalue weighted by Gasteiger charge is -2.34. The zero-order valence-electron chi connectivity index (χ0n) is 21.2. The van der Waals surface area contributed by atoms with E-state index in [1.54, 1.807) is 4.90 Å². The number of nitrogens with zero attached hydrogens (tertiary/aromatic N) is 4. The molecular weight excluding hydrogens is 460 g/mol. The molecule has 0 unspecified atom stereocenters. The van der Waals surface area contributed by atoms with Crippen LogP contribution in [0, 0.1) is 5.92 Å². The van der Waals surface area contributed by atoms with Crippen molar-refractivity contribution >= 4 is 34.7 Å². The number of rotatable bonds is 4. The van der Waals surface area contributed by atoms with Crippen molar-refractivity contribution in [3.05, 3.63) is 23.5 Å². The number of aryl methyl sites for hydroxylation is 1. The predicted molar refractivity (Wildman–Crippen MR) is 135 cm³/mol. The van der Waals surface area contributed by atoms with Crippen LogP contribution in [0.5, 0.6) is 0 Å². The number of hydrogen-bond donors (Lipinski definition) is 1. The summed E-state index contributed by atoms with van der Waals surface area (Å²) in [5.74, 6) is -0.362. The first-order valence-corrected chi connectivity index (χ1v) is 13.3. The number of likely N-dealkylation sites (tertiary alicyclic amines) is 1. The molecule has 1 saturated heterocycles. The first-order valence-electron chi connectivity index (χ1n) is 13.3. The van der Waals surface area contributed by atoms with Gasteiger partial charge in [-0.15, -0.1) is 0 Å². The zero-order chi connectivity index (χ0) is 25.4. The molecule has 2 amide bonds. The quantitative estimate of drug-likeness (QED) is 0.676. The first kappa shape index (κ1) is 24.6. The number of carboxylic acid groups (broad SMARTS) is 1. The molecule has 0 bridgehead atoms. The standard InChI is InChI=1S/C27H36N4O5/c1-17-9-10-20-21(30(17)27(35)36-2)11-12-22-25(20)28-23(16-24(32)29-13-4-3-5-14-29)31(22)19-8-6-7-18(15-19)26(33)34/h11-12,17-19H,3-10,13-16H2,1-2H3,(H,33,34)/t17-,18+,19+/m0/s1. The van der Waals surface area contributed by atoms with E-state index in [4.69, 9.17) is 9.72 Å². The Kier molecular flexibility index (Phi) is 6.90. The van der Waals surface area contributed by atoms with Crippen LogP contribution >= 0.6 is 0 Å². The van der Waals surface area contributed by atoms with Crippen molar-refractivity contribution in [2.45, 2.75) is 83.2 Å². The third-order valence-electron chi connectivity index (χ3n) is 8.28. The number of benzene rings is 1. The summed E-state index contributed by atoms with van der Waals surface area (Å²) in [5, 5.41) is 9.70. The summed E-state index contributed by atoms with van der Waals surface area (Å²) in [6, 6.07) is 3.93. The molecule has 1 aromatic heterocycles. The minimum atomic E-state index is -0.754. The summed E-state index contributed by atoms with van der Waals surface area (Å²) in [7, 11) is 1.39. The zero-order valence-corrected chi connectivity index (χ0v) is 21.2. The molecule has 1 saturated carbocycles. The Bertz CT molecular complexity index is 1170. The van der Waals surface area contributed by atoms with Crippen molar-refractivity contribution in [2.24, 2.45) is 5.92 Å². The number of carbonyl (C=O) groups is 3. The van der Waals surface area contributed by atoms with E-state index in [1.165, 1.54) is 7.11 Å². The van der Waals surface area contributed by atoms with Gasteiger partial charge in [0, 0.05) is 30.7 Å². The van der Waals surface area contributed by atoms with E-state index in [0.717, 1.165) is 80.3 Å². The van der Waals surface area contributed by atoms with Gasteiger partial charge in [0.05, 0.1) is 36.2 Å². The van der Waals surface area contributed by atoms with Crippen LogP contribution in [0.2, 0.25) is 0 Å². The lowest BCUT2D eigenvalue weighted by atomic mass is 9.85. The molecule has 3 atom stereocenters. The van der Waals surface area contributed by atoms with Crippen molar-refractivity contribution in [2.75, 3.05) is 25.1 Å². The van der Waals surface area contributed by atoms with Crippen molar-refractivity contribution in [1.29, 1.82) is 0 Å². The molecular formula is C27H36N4O5. The lowest BCUT2D eigenvalue weighted by Crippen LogP contribution is -2.42. The van der Waals surface area contributed by atoms with E-state index in [2.05, 4.69) is 4.57 Å². The highest BCUT2D eigenvalue weighted by Gasteiger charge is 2.34. The van der Waals surface area contributed by atoms with Crippen LogP contribution in [0.15, 0.2) is 12.1 Å². The summed E-state index contributed by atoms with van der Waals surface area (Å²) in [6.07, 6.45) is 7.51. The Morgan fingerprint density at radius 1 is 1.08 bits per heavy atom. The number of carbonyl (C=O) groups excluding carboxylic acids is 2. The summed E-state index contributed by atoms with van der Waals surface area (Å²) in [4.78, 5) is 46.3. The first-order chi connectivity index (χ1) is 17.4. The second-order valence-corrected chi connectivity index (χ2v) is 10.5. The summed E-state index contributed by atoms with van der Waals surface area (Å²) in [5.41, 5.74) is 3.53. The van der Waals surface area contributed by atoms with Crippen LogP contribution in [0.25, 0.3) is 11.0 Å². The molecule has 0 radical (unpaired) electrons. The van der Waals surface area contributed by atoms with Gasteiger partial charge in [0.2, 0.25) is 5.91 Å². The smallest absolute Gasteiger partial charge is 0.414 e. The number of methoxy groups -OCH3 is 1. The van der Waals surface area contributed by atoms with E-state index in [-0.39, 0.29) is 36.4 Å². The molecule has 2 fully saturated rings. The van der Waals surface area contributed by atoms with Crippen LogP contribution in [-0.2, 0) is 27.2 Å². The van der Waals surface area contributed by atoms with E-state index >= 15 is 0 Å². The average molecular weight is 497 g/mol. The Hall–Kier alpha value is -3.10. The van der Waals surface area contributed by atoms with E-state index in [1.807, 2.05) is 24.0 Å². The molecule has 0 spiro atoms. The van der Waals surface area contributed by atoms with Crippen LogP contribution in [0.1, 0.15) is 75.7 Å². The molecule has 9 heteroatoms. The highest BCUT2D eigenvalue weighted by atomic mass is 16.5. The number of aromatic nitrogens is 2. The third-order valence-corrected chi connectivity index (χ3v) is 8.28. The van der Waals surface area contributed by atoms with Gasteiger partial charge in [0.1, 0.15) is 5.82 Å². The topological polar surface area (TPSA) is 105 Å². The highest BCUT2D eigenvalue weighted by Crippen LogP contribution is 2.40. The Balaban J connectivity index is 1.59. The van der Waals surface area contributed by atoms with Crippen molar-refractivity contribution in [3.8, 4) is 0 Å². The molecule has 3 heterocycles. The number of ether oxygens (including phenoxy) is 1.